The highest BCUT2D eigenvalue weighted by Crippen LogP contribution is 2.44. The van der Waals surface area contributed by atoms with Crippen LogP contribution in [0.5, 0.6) is 0 Å². The topological polar surface area (TPSA) is 54.7 Å². The van der Waals surface area contributed by atoms with E-state index in [1.807, 2.05) is 0 Å². The molecule has 0 bridgehead atoms. The summed E-state index contributed by atoms with van der Waals surface area (Å²) >= 11 is 0. The second-order valence-corrected chi connectivity index (χ2v) is 4.72. The Labute approximate surface area is 84.1 Å². The van der Waals surface area contributed by atoms with E-state index < -0.39 is 0 Å². The van der Waals surface area contributed by atoms with E-state index in [0.717, 1.165) is 6.54 Å². The minimum absolute atomic E-state index is 0.244. The summed E-state index contributed by atoms with van der Waals surface area (Å²) in [6.45, 7) is 0.768. The van der Waals surface area contributed by atoms with E-state index in [0.29, 0.717) is 0 Å². The molecule has 2 aliphatic rings. The Balaban J connectivity index is 2.03. The molecule has 1 saturated carbocycles. The number of aromatic amines is 1. The molecular weight excluding hydrogens is 174 g/mol. The number of rotatable bonds is 2. The van der Waals surface area contributed by atoms with Gasteiger partial charge in [-0.05, 0) is 37.7 Å². The highest BCUT2D eigenvalue weighted by atomic mass is 15.1. The number of hydrogen-bond acceptors (Lipinski definition) is 2. The van der Waals surface area contributed by atoms with Crippen LogP contribution in [0.15, 0.2) is 0 Å². The molecule has 2 aliphatic carbocycles. The molecular formula is C11H17N3. The van der Waals surface area contributed by atoms with Crippen molar-refractivity contribution in [2.24, 2.45) is 5.73 Å². The summed E-state index contributed by atoms with van der Waals surface area (Å²) < 4.78 is 0. The quantitative estimate of drug-likeness (QED) is 0.740. The number of nitrogens with two attached hydrogens (primary N) is 1. The first kappa shape index (κ1) is 8.48. The highest BCUT2D eigenvalue weighted by molar-refractivity contribution is 5.36. The van der Waals surface area contributed by atoms with Crippen LogP contribution < -0.4 is 5.73 Å². The molecule has 0 radical (unpaired) electrons. The van der Waals surface area contributed by atoms with Gasteiger partial charge in [-0.15, -0.1) is 0 Å². The molecule has 1 aromatic rings. The monoisotopic (exact) mass is 191 g/mol. The van der Waals surface area contributed by atoms with Crippen molar-refractivity contribution in [3.8, 4) is 0 Å². The SMILES string of the molecule is NCC1(c2n[nH]c3c2CCC3)CCC1. The van der Waals surface area contributed by atoms with Gasteiger partial charge < -0.3 is 5.73 Å². The van der Waals surface area contributed by atoms with E-state index in [1.165, 1.54) is 55.5 Å². The van der Waals surface area contributed by atoms with Gasteiger partial charge in [0.15, 0.2) is 0 Å². The molecule has 3 heteroatoms. The lowest BCUT2D eigenvalue weighted by molar-refractivity contribution is 0.244. The van der Waals surface area contributed by atoms with E-state index in [1.54, 1.807) is 0 Å². The first-order valence-corrected chi connectivity index (χ1v) is 5.62. The smallest absolute Gasteiger partial charge is 0.0731 e. The average molecular weight is 191 g/mol. The van der Waals surface area contributed by atoms with E-state index in [-0.39, 0.29) is 5.41 Å². The predicted molar refractivity (Wildman–Crippen MR) is 55.2 cm³/mol. The van der Waals surface area contributed by atoms with Gasteiger partial charge in [0.1, 0.15) is 0 Å². The summed E-state index contributed by atoms with van der Waals surface area (Å²) in [5.74, 6) is 0. The van der Waals surface area contributed by atoms with Gasteiger partial charge in [0, 0.05) is 17.7 Å². The van der Waals surface area contributed by atoms with Crippen LogP contribution in [0.1, 0.15) is 42.6 Å². The van der Waals surface area contributed by atoms with Crippen LogP contribution in [-0.2, 0) is 18.3 Å². The molecule has 3 rings (SSSR count). The van der Waals surface area contributed by atoms with E-state index in [4.69, 9.17) is 5.73 Å². The molecule has 1 heterocycles. The lowest BCUT2D eigenvalue weighted by Crippen LogP contribution is -2.42. The van der Waals surface area contributed by atoms with E-state index in [9.17, 15) is 0 Å². The summed E-state index contributed by atoms with van der Waals surface area (Å²) in [5, 5.41) is 7.69. The maximum atomic E-state index is 5.90. The fourth-order valence-electron chi connectivity index (χ4n) is 2.90. The Morgan fingerprint density at radius 1 is 1.29 bits per heavy atom. The maximum Gasteiger partial charge on any atom is 0.0731 e. The van der Waals surface area contributed by atoms with Crippen LogP contribution in [0.25, 0.3) is 0 Å². The van der Waals surface area contributed by atoms with Crippen molar-refractivity contribution in [2.75, 3.05) is 6.54 Å². The zero-order valence-corrected chi connectivity index (χ0v) is 8.47. The second kappa shape index (κ2) is 2.83. The third-order valence-electron chi connectivity index (χ3n) is 4.01. The summed E-state index contributed by atoms with van der Waals surface area (Å²) in [7, 11) is 0. The maximum absolute atomic E-state index is 5.90. The molecule has 1 fully saturated rings. The number of aryl methyl sites for hydroxylation is 1. The van der Waals surface area contributed by atoms with Gasteiger partial charge in [-0.3, -0.25) is 5.10 Å². The Morgan fingerprint density at radius 3 is 2.79 bits per heavy atom. The number of nitrogens with zero attached hydrogens (tertiary/aromatic N) is 1. The third kappa shape index (κ3) is 0.934. The standard InChI is InChI=1S/C11H17N3/c12-7-11(5-2-6-11)10-8-3-1-4-9(8)13-14-10/h1-7,12H2,(H,13,14). The van der Waals surface area contributed by atoms with Crippen molar-refractivity contribution in [1.29, 1.82) is 0 Å². The first-order chi connectivity index (χ1) is 6.86. The number of H-pyrrole nitrogens is 1. The molecule has 3 nitrogen and oxygen atoms in total. The largest absolute Gasteiger partial charge is 0.330 e. The van der Waals surface area contributed by atoms with Crippen LogP contribution in [0.3, 0.4) is 0 Å². The van der Waals surface area contributed by atoms with Crippen LogP contribution in [0, 0.1) is 0 Å². The lowest BCUT2D eigenvalue weighted by atomic mass is 9.65. The molecule has 3 N–H and O–H groups in total. The number of aromatic nitrogens is 2. The summed E-state index contributed by atoms with van der Waals surface area (Å²) in [6, 6.07) is 0. The van der Waals surface area contributed by atoms with Crippen molar-refractivity contribution < 1.29 is 0 Å². The van der Waals surface area contributed by atoms with Crippen molar-refractivity contribution in [1.82, 2.24) is 10.2 Å². The molecule has 14 heavy (non-hydrogen) atoms. The molecule has 76 valence electrons. The molecule has 0 atom stereocenters. The van der Waals surface area contributed by atoms with Gasteiger partial charge in [0.25, 0.3) is 0 Å². The molecule has 0 spiro atoms. The Kier molecular flexibility index (Phi) is 1.71. The van der Waals surface area contributed by atoms with Gasteiger partial charge in [-0.25, -0.2) is 0 Å². The van der Waals surface area contributed by atoms with Gasteiger partial charge in [-0.2, -0.15) is 5.10 Å². The average Bonchev–Trinajstić information content (AvgIpc) is 2.67. The van der Waals surface area contributed by atoms with Crippen molar-refractivity contribution >= 4 is 0 Å². The number of hydrogen-bond donors (Lipinski definition) is 2. The first-order valence-electron chi connectivity index (χ1n) is 5.62. The van der Waals surface area contributed by atoms with Crippen molar-refractivity contribution in [2.45, 2.75) is 43.9 Å². The number of nitrogens with one attached hydrogen (secondary N) is 1. The van der Waals surface area contributed by atoms with Gasteiger partial charge in [0.2, 0.25) is 0 Å². The Hall–Kier alpha value is -0.830. The molecule has 1 aromatic heterocycles. The van der Waals surface area contributed by atoms with Crippen LogP contribution in [-0.4, -0.2) is 16.7 Å². The second-order valence-electron chi connectivity index (χ2n) is 4.72. The zero-order valence-electron chi connectivity index (χ0n) is 8.47. The molecule has 0 saturated heterocycles. The normalized spacial score (nSPS) is 23.2. The fraction of sp³-hybridized carbons (Fsp3) is 0.727. The lowest BCUT2D eigenvalue weighted by Gasteiger charge is -2.40. The highest BCUT2D eigenvalue weighted by Gasteiger charge is 2.42. The molecule has 0 unspecified atom stereocenters. The van der Waals surface area contributed by atoms with Gasteiger partial charge >= 0.3 is 0 Å². The van der Waals surface area contributed by atoms with Crippen molar-refractivity contribution in [3.63, 3.8) is 0 Å². The molecule has 0 amide bonds. The zero-order chi connectivity index (χ0) is 9.60. The van der Waals surface area contributed by atoms with Crippen molar-refractivity contribution in [3.05, 3.63) is 17.0 Å². The minimum Gasteiger partial charge on any atom is -0.330 e. The fourth-order valence-corrected chi connectivity index (χ4v) is 2.90. The van der Waals surface area contributed by atoms with Gasteiger partial charge in [0.05, 0.1) is 5.69 Å². The molecule has 0 aromatic carbocycles. The predicted octanol–water partition coefficient (Wildman–Crippen LogP) is 1.28. The van der Waals surface area contributed by atoms with Gasteiger partial charge in [-0.1, -0.05) is 6.42 Å². The molecule has 0 aliphatic heterocycles. The Bertz CT molecular complexity index is 344. The summed E-state index contributed by atoms with van der Waals surface area (Å²) in [5.41, 5.74) is 10.3. The number of fused-ring (bicyclic) bond motifs is 1. The third-order valence-corrected chi connectivity index (χ3v) is 4.01. The Morgan fingerprint density at radius 2 is 2.14 bits per heavy atom. The van der Waals surface area contributed by atoms with Crippen LogP contribution in [0.2, 0.25) is 0 Å². The summed E-state index contributed by atoms with van der Waals surface area (Å²) in [6.07, 6.45) is 7.48. The van der Waals surface area contributed by atoms with E-state index in [2.05, 4.69) is 10.2 Å². The van der Waals surface area contributed by atoms with Crippen LogP contribution >= 0.6 is 0 Å². The van der Waals surface area contributed by atoms with E-state index >= 15 is 0 Å². The minimum atomic E-state index is 0.244. The summed E-state index contributed by atoms with van der Waals surface area (Å²) in [4.78, 5) is 0. The van der Waals surface area contributed by atoms with Crippen LogP contribution in [0.4, 0.5) is 0 Å².